The second kappa shape index (κ2) is 7.00. The predicted molar refractivity (Wildman–Crippen MR) is 69.5 cm³/mol. The normalized spacial score (nSPS) is 22.5. The first-order chi connectivity index (χ1) is 7.93. The maximum absolute atomic E-state index is 11.3. The first kappa shape index (κ1) is 15.3. The third-order valence-corrected chi connectivity index (χ3v) is 3.18. The van der Waals surface area contributed by atoms with Gasteiger partial charge in [0.2, 0.25) is 9.70 Å². The summed E-state index contributed by atoms with van der Waals surface area (Å²) >= 11 is 17.4. The summed E-state index contributed by atoms with van der Waals surface area (Å²) in [6.45, 7) is 3.07. The van der Waals surface area contributed by atoms with Crippen LogP contribution in [0.3, 0.4) is 0 Å². The minimum absolute atomic E-state index is 0.128. The molecule has 1 saturated heterocycles. The molecule has 1 aliphatic heterocycles. The Labute approximate surface area is 116 Å². The number of halogens is 3. The van der Waals surface area contributed by atoms with E-state index in [0.717, 1.165) is 19.4 Å². The van der Waals surface area contributed by atoms with Crippen LogP contribution in [0.2, 0.25) is 0 Å². The van der Waals surface area contributed by atoms with Crippen molar-refractivity contribution >= 4 is 40.7 Å². The Morgan fingerprint density at radius 2 is 2.24 bits per heavy atom. The zero-order chi connectivity index (χ0) is 12.9. The highest BCUT2D eigenvalue weighted by Gasteiger charge is 2.34. The quantitative estimate of drug-likeness (QED) is 0.603. The molecule has 0 unspecified atom stereocenters. The number of nitrogens with one attached hydrogen (secondary N) is 2. The van der Waals surface area contributed by atoms with Crippen LogP contribution in [-0.2, 0) is 9.53 Å². The molecule has 0 spiro atoms. The molecule has 4 nitrogen and oxygen atoms in total. The molecular formula is C10H17Cl3N2O2. The average Bonchev–Trinajstić information content (AvgIpc) is 2.74. The van der Waals surface area contributed by atoms with E-state index in [-0.39, 0.29) is 12.0 Å². The molecule has 1 aliphatic rings. The molecule has 1 heterocycles. The molecule has 0 aromatic carbocycles. The highest BCUT2D eigenvalue weighted by atomic mass is 35.6. The fraction of sp³-hybridized carbons (Fsp3) is 0.900. The van der Waals surface area contributed by atoms with Gasteiger partial charge < -0.3 is 10.1 Å². The van der Waals surface area contributed by atoms with E-state index < -0.39 is 9.96 Å². The van der Waals surface area contributed by atoms with E-state index in [2.05, 4.69) is 10.6 Å². The maximum Gasteiger partial charge on any atom is 0.223 e. The molecule has 0 aliphatic carbocycles. The summed E-state index contributed by atoms with van der Waals surface area (Å²) in [5, 5.41) is 5.64. The number of carbonyl (C=O) groups excluding carboxylic acids is 1. The molecular weight excluding hydrogens is 286 g/mol. The minimum atomic E-state index is -1.58. The standard InChI is InChI=1S/C10H17Cl3N2O2/c1-2-8(16)15-9(10(11,12)13)14-6-7-4-3-5-17-7/h7,9,14H,2-6H2,1H3,(H,15,16)/t7-,9-/m0/s1. The minimum Gasteiger partial charge on any atom is -0.377 e. The first-order valence-corrected chi connectivity index (χ1v) is 6.78. The van der Waals surface area contributed by atoms with Crippen LogP contribution in [0.4, 0.5) is 0 Å². The highest BCUT2D eigenvalue weighted by molar-refractivity contribution is 6.68. The first-order valence-electron chi connectivity index (χ1n) is 5.64. The smallest absolute Gasteiger partial charge is 0.223 e. The molecule has 0 bridgehead atoms. The monoisotopic (exact) mass is 302 g/mol. The summed E-state index contributed by atoms with van der Waals surface area (Å²) in [6, 6.07) is 0. The Morgan fingerprint density at radius 1 is 1.53 bits per heavy atom. The third kappa shape index (κ3) is 5.62. The van der Waals surface area contributed by atoms with E-state index in [1.54, 1.807) is 6.92 Å². The fourth-order valence-electron chi connectivity index (χ4n) is 1.57. The molecule has 1 rings (SSSR count). The van der Waals surface area contributed by atoms with Crippen LogP contribution < -0.4 is 10.6 Å². The van der Waals surface area contributed by atoms with Gasteiger partial charge in [0.05, 0.1) is 6.10 Å². The molecule has 1 fully saturated rings. The Kier molecular flexibility index (Phi) is 6.31. The van der Waals surface area contributed by atoms with Crippen molar-refractivity contribution in [1.29, 1.82) is 0 Å². The Balaban J connectivity index is 2.42. The molecule has 2 N–H and O–H groups in total. The van der Waals surface area contributed by atoms with Crippen molar-refractivity contribution < 1.29 is 9.53 Å². The third-order valence-electron chi connectivity index (χ3n) is 2.53. The number of hydrogen-bond donors (Lipinski definition) is 2. The van der Waals surface area contributed by atoms with E-state index in [4.69, 9.17) is 39.5 Å². The number of amides is 1. The van der Waals surface area contributed by atoms with Gasteiger partial charge >= 0.3 is 0 Å². The summed E-state index contributed by atoms with van der Waals surface area (Å²) in [5.41, 5.74) is 0. The van der Waals surface area contributed by atoms with Crippen molar-refractivity contribution in [2.75, 3.05) is 13.2 Å². The number of hydrogen-bond acceptors (Lipinski definition) is 3. The molecule has 0 aromatic rings. The predicted octanol–water partition coefficient (Wildman–Crippen LogP) is 1.98. The van der Waals surface area contributed by atoms with Crippen molar-refractivity contribution in [2.24, 2.45) is 0 Å². The van der Waals surface area contributed by atoms with Crippen LogP contribution >= 0.6 is 34.8 Å². The number of ether oxygens (including phenoxy) is 1. The highest BCUT2D eigenvalue weighted by Crippen LogP contribution is 2.29. The molecule has 2 atom stereocenters. The second-order valence-electron chi connectivity index (χ2n) is 3.94. The van der Waals surface area contributed by atoms with Gasteiger partial charge in [-0.05, 0) is 12.8 Å². The second-order valence-corrected chi connectivity index (χ2v) is 6.31. The maximum atomic E-state index is 11.3. The van der Waals surface area contributed by atoms with E-state index in [9.17, 15) is 4.79 Å². The summed E-state index contributed by atoms with van der Waals surface area (Å²) in [6.07, 6.45) is 1.80. The van der Waals surface area contributed by atoms with Gasteiger partial charge in [-0.25, -0.2) is 0 Å². The van der Waals surface area contributed by atoms with Crippen LogP contribution in [0.1, 0.15) is 26.2 Å². The number of carbonyl (C=O) groups is 1. The zero-order valence-corrected chi connectivity index (χ0v) is 11.9. The van der Waals surface area contributed by atoms with Crippen molar-refractivity contribution in [3.63, 3.8) is 0 Å². The molecule has 100 valence electrons. The summed E-state index contributed by atoms with van der Waals surface area (Å²) in [4.78, 5) is 11.3. The van der Waals surface area contributed by atoms with E-state index >= 15 is 0 Å². The molecule has 0 saturated carbocycles. The number of rotatable bonds is 5. The van der Waals surface area contributed by atoms with Crippen molar-refractivity contribution in [3.05, 3.63) is 0 Å². The lowest BCUT2D eigenvalue weighted by atomic mass is 10.2. The van der Waals surface area contributed by atoms with Gasteiger partial charge in [0.15, 0.2) is 0 Å². The van der Waals surface area contributed by atoms with E-state index in [1.807, 2.05) is 0 Å². The van der Waals surface area contributed by atoms with Gasteiger partial charge in [-0.1, -0.05) is 41.7 Å². The lowest BCUT2D eigenvalue weighted by Crippen LogP contribution is -2.54. The van der Waals surface area contributed by atoms with Crippen LogP contribution in [0, 0.1) is 0 Å². The average molecular weight is 304 g/mol. The molecule has 0 radical (unpaired) electrons. The van der Waals surface area contributed by atoms with Crippen molar-refractivity contribution in [3.8, 4) is 0 Å². The van der Waals surface area contributed by atoms with Gasteiger partial charge in [-0.3, -0.25) is 10.1 Å². The lowest BCUT2D eigenvalue weighted by molar-refractivity contribution is -0.121. The van der Waals surface area contributed by atoms with Crippen molar-refractivity contribution in [1.82, 2.24) is 10.6 Å². The van der Waals surface area contributed by atoms with Gasteiger partial charge in [-0.2, -0.15) is 0 Å². The molecule has 1 amide bonds. The molecule has 17 heavy (non-hydrogen) atoms. The van der Waals surface area contributed by atoms with E-state index in [1.165, 1.54) is 0 Å². The summed E-state index contributed by atoms with van der Waals surface area (Å²) in [7, 11) is 0. The van der Waals surface area contributed by atoms with Gasteiger partial charge in [0, 0.05) is 19.6 Å². The molecule has 7 heteroatoms. The van der Waals surface area contributed by atoms with Crippen LogP contribution in [0.5, 0.6) is 0 Å². The van der Waals surface area contributed by atoms with Gasteiger partial charge in [0.1, 0.15) is 6.17 Å². The lowest BCUT2D eigenvalue weighted by Gasteiger charge is -2.27. The van der Waals surface area contributed by atoms with Gasteiger partial charge in [-0.15, -0.1) is 0 Å². The Bertz CT molecular complexity index is 252. The summed E-state index contributed by atoms with van der Waals surface area (Å²) in [5.74, 6) is -0.166. The topological polar surface area (TPSA) is 50.4 Å². The van der Waals surface area contributed by atoms with Crippen LogP contribution in [0.15, 0.2) is 0 Å². The van der Waals surface area contributed by atoms with Crippen LogP contribution in [-0.4, -0.2) is 35.1 Å². The van der Waals surface area contributed by atoms with Crippen LogP contribution in [0.25, 0.3) is 0 Å². The van der Waals surface area contributed by atoms with Crippen molar-refractivity contribution in [2.45, 2.75) is 42.2 Å². The Morgan fingerprint density at radius 3 is 2.71 bits per heavy atom. The SMILES string of the molecule is CCC(=O)N[C@H](NC[C@@H]1CCCO1)C(Cl)(Cl)Cl. The molecule has 0 aromatic heterocycles. The number of alkyl halides is 3. The van der Waals surface area contributed by atoms with Gasteiger partial charge in [0.25, 0.3) is 0 Å². The Hall–Kier alpha value is 0.260. The fourth-order valence-corrected chi connectivity index (χ4v) is 1.96. The van der Waals surface area contributed by atoms with E-state index in [0.29, 0.717) is 13.0 Å². The zero-order valence-electron chi connectivity index (χ0n) is 9.64. The largest absolute Gasteiger partial charge is 0.377 e. The summed E-state index contributed by atoms with van der Waals surface area (Å²) < 4.78 is 3.86.